The van der Waals surface area contributed by atoms with Crippen LogP contribution in [0.1, 0.15) is 0 Å². The highest BCUT2D eigenvalue weighted by Gasteiger charge is 2.06. The molecule has 4 nitrogen and oxygen atoms in total. The van der Waals surface area contributed by atoms with Gasteiger partial charge in [0.25, 0.3) is 5.56 Å². The van der Waals surface area contributed by atoms with E-state index in [4.69, 9.17) is 4.42 Å². The van der Waals surface area contributed by atoms with E-state index in [1.807, 2.05) is 0 Å². The second-order valence-electron chi connectivity index (χ2n) is 2.01. The Morgan fingerprint density at radius 1 is 1.36 bits per heavy atom. The van der Waals surface area contributed by atoms with Crippen LogP contribution in [-0.4, -0.2) is 9.97 Å². The molecule has 4 heteroatoms. The molecule has 0 aromatic heterocycles. The molecule has 0 spiro atoms. The average molecular weight is 148 g/mol. The Hall–Kier alpha value is -1.71. The van der Waals surface area contributed by atoms with Crippen molar-refractivity contribution in [3.63, 3.8) is 0 Å². The quantitative estimate of drug-likeness (QED) is 0.547. The van der Waals surface area contributed by atoms with Crippen molar-refractivity contribution < 1.29 is 4.42 Å². The molecule has 0 saturated heterocycles. The molecule has 0 aliphatic carbocycles. The van der Waals surface area contributed by atoms with Gasteiger partial charge in [-0.1, -0.05) is 0 Å². The van der Waals surface area contributed by atoms with Gasteiger partial charge < -0.3 is 4.42 Å². The van der Waals surface area contributed by atoms with E-state index in [0.29, 0.717) is 11.5 Å². The van der Waals surface area contributed by atoms with E-state index < -0.39 is 0 Å². The van der Waals surface area contributed by atoms with Gasteiger partial charge in [0.05, 0.1) is 6.26 Å². The first kappa shape index (κ1) is 6.03. The lowest BCUT2D eigenvalue weighted by Gasteiger charge is -1.96. The van der Waals surface area contributed by atoms with E-state index in [2.05, 4.69) is 9.97 Å². The first-order valence-corrected chi connectivity index (χ1v) is 3.06. The molecule has 2 heterocycles. The van der Waals surface area contributed by atoms with Crippen molar-refractivity contribution in [1.29, 1.82) is 0 Å². The maximum Gasteiger partial charge on any atom is 0.283 e. The van der Waals surface area contributed by atoms with Crippen molar-refractivity contribution in [3.8, 4) is 11.5 Å². The van der Waals surface area contributed by atoms with Crippen LogP contribution < -0.4 is 5.56 Å². The van der Waals surface area contributed by atoms with Crippen molar-refractivity contribution in [2.24, 2.45) is 0 Å². The lowest BCUT2D eigenvalue weighted by molar-refractivity contribution is 0.544. The summed E-state index contributed by atoms with van der Waals surface area (Å²) in [4.78, 5) is 18.2. The Morgan fingerprint density at radius 2 is 2.27 bits per heavy atom. The van der Waals surface area contributed by atoms with Crippen molar-refractivity contribution in [2.45, 2.75) is 0 Å². The molecule has 0 aromatic carbocycles. The molecule has 0 unspecified atom stereocenters. The number of fused-ring (bicyclic) bond motifs is 1. The average Bonchev–Trinajstić information content (AvgIpc) is 2.06. The Labute approximate surface area is 61.9 Å². The molecule has 0 radical (unpaired) electrons. The molecule has 2 rings (SSSR count). The fraction of sp³-hybridized carbons (Fsp3) is 0. The van der Waals surface area contributed by atoms with Crippen LogP contribution in [0.25, 0.3) is 11.5 Å². The predicted molar refractivity (Wildman–Crippen MR) is 37.2 cm³/mol. The van der Waals surface area contributed by atoms with Gasteiger partial charge in [0.2, 0.25) is 5.89 Å². The van der Waals surface area contributed by atoms with Crippen LogP contribution in [0.5, 0.6) is 0 Å². The van der Waals surface area contributed by atoms with Gasteiger partial charge in [-0.05, 0) is 12.1 Å². The first-order valence-electron chi connectivity index (χ1n) is 3.06. The zero-order valence-corrected chi connectivity index (χ0v) is 5.52. The minimum atomic E-state index is -0.306. The topological polar surface area (TPSA) is 56.0 Å². The second-order valence-corrected chi connectivity index (χ2v) is 2.01. The van der Waals surface area contributed by atoms with Gasteiger partial charge in [0.15, 0.2) is 0 Å². The predicted octanol–water partition coefficient (Wildman–Crippen LogP) is 0.535. The second kappa shape index (κ2) is 2.16. The van der Waals surface area contributed by atoms with E-state index in [9.17, 15) is 4.79 Å². The van der Waals surface area contributed by atoms with E-state index >= 15 is 0 Å². The normalized spacial score (nSPS) is 10.2. The Kier molecular flexibility index (Phi) is 1.18. The molecule has 2 aliphatic heterocycles. The molecule has 0 saturated carbocycles. The van der Waals surface area contributed by atoms with Gasteiger partial charge in [-0.2, -0.15) is 4.98 Å². The number of hydrogen-bond acceptors (Lipinski definition) is 4. The van der Waals surface area contributed by atoms with E-state index in [-0.39, 0.29) is 5.56 Å². The third kappa shape index (κ3) is 0.881. The van der Waals surface area contributed by atoms with E-state index in [0.717, 1.165) is 0 Å². The Balaban J connectivity index is 2.90. The molecule has 11 heavy (non-hydrogen) atoms. The smallest absolute Gasteiger partial charge is 0.283 e. The largest absolute Gasteiger partial charge is 0.446 e. The van der Waals surface area contributed by atoms with Crippen molar-refractivity contribution >= 4 is 0 Å². The summed E-state index contributed by atoms with van der Waals surface area (Å²) in [6.45, 7) is 0. The Bertz CT molecular complexity index is 396. The minimum Gasteiger partial charge on any atom is -0.446 e. The number of aromatic nitrogens is 2. The first-order chi connectivity index (χ1) is 5.38. The fourth-order valence-corrected chi connectivity index (χ4v) is 0.840. The van der Waals surface area contributed by atoms with Crippen LogP contribution >= 0.6 is 0 Å². The molecule has 0 atom stereocenters. The summed E-state index contributed by atoms with van der Waals surface area (Å²) in [6, 6.07) is 3.26. The molecular weight excluding hydrogens is 144 g/mol. The molecule has 0 N–H and O–H groups in total. The summed E-state index contributed by atoms with van der Waals surface area (Å²) in [5, 5.41) is 0. The lowest BCUT2D eigenvalue weighted by Crippen LogP contribution is -2.09. The van der Waals surface area contributed by atoms with E-state index in [1.165, 1.54) is 12.6 Å². The van der Waals surface area contributed by atoms with Crippen LogP contribution in [0, 0.1) is 0 Å². The lowest BCUT2D eigenvalue weighted by atomic mass is 10.3. The van der Waals surface area contributed by atoms with Crippen LogP contribution in [0.4, 0.5) is 0 Å². The molecular formula is C7H4N2O2. The van der Waals surface area contributed by atoms with Gasteiger partial charge in [-0.25, -0.2) is 4.98 Å². The highest BCUT2D eigenvalue weighted by Crippen LogP contribution is 2.10. The summed E-state index contributed by atoms with van der Waals surface area (Å²) < 4.78 is 4.94. The molecule has 54 valence electrons. The van der Waals surface area contributed by atoms with Crippen LogP contribution in [0.15, 0.2) is 33.9 Å². The summed E-state index contributed by atoms with van der Waals surface area (Å²) in [6.07, 6.45) is 2.66. The summed E-state index contributed by atoms with van der Waals surface area (Å²) >= 11 is 0. The molecule has 0 aromatic rings. The van der Waals surface area contributed by atoms with Gasteiger partial charge in [0, 0.05) is 0 Å². The van der Waals surface area contributed by atoms with Crippen molar-refractivity contribution in [1.82, 2.24) is 9.97 Å². The third-order valence-corrected chi connectivity index (χ3v) is 1.33. The number of hydrogen-bond donors (Lipinski definition) is 0. The molecule has 0 fully saturated rings. The number of rotatable bonds is 0. The highest BCUT2D eigenvalue weighted by molar-refractivity contribution is 5.50. The fourth-order valence-electron chi connectivity index (χ4n) is 0.840. The van der Waals surface area contributed by atoms with Crippen molar-refractivity contribution in [2.75, 3.05) is 0 Å². The van der Waals surface area contributed by atoms with Gasteiger partial charge >= 0.3 is 0 Å². The van der Waals surface area contributed by atoms with E-state index in [1.54, 1.807) is 12.1 Å². The summed E-state index contributed by atoms with van der Waals surface area (Å²) in [5.41, 5.74) is 0.106. The van der Waals surface area contributed by atoms with Crippen molar-refractivity contribution in [3.05, 3.63) is 35.1 Å². The van der Waals surface area contributed by atoms with Crippen LogP contribution in [-0.2, 0) is 0 Å². The summed E-state index contributed by atoms with van der Waals surface area (Å²) in [5.74, 6) is 0.326. The zero-order chi connectivity index (χ0) is 7.68. The molecule has 2 aliphatic rings. The van der Waals surface area contributed by atoms with Gasteiger partial charge in [-0.15, -0.1) is 0 Å². The SMILES string of the molecule is O=c1ncnc2occcc1-2. The summed E-state index contributed by atoms with van der Waals surface area (Å²) in [7, 11) is 0. The van der Waals surface area contributed by atoms with Crippen LogP contribution in [0.3, 0.4) is 0 Å². The van der Waals surface area contributed by atoms with Crippen LogP contribution in [0.2, 0.25) is 0 Å². The third-order valence-electron chi connectivity index (χ3n) is 1.33. The van der Waals surface area contributed by atoms with Gasteiger partial charge in [0.1, 0.15) is 11.9 Å². The van der Waals surface area contributed by atoms with Gasteiger partial charge in [-0.3, -0.25) is 4.79 Å². The number of nitrogens with zero attached hydrogens (tertiary/aromatic N) is 2. The monoisotopic (exact) mass is 148 g/mol. The zero-order valence-electron chi connectivity index (χ0n) is 5.52. The maximum absolute atomic E-state index is 11.0. The molecule has 0 amide bonds. The standard InChI is InChI=1S/C7H4N2O2/c10-6-5-2-1-3-11-7(5)9-4-8-6/h1-4H. The minimum absolute atomic E-state index is 0.306. The Morgan fingerprint density at radius 3 is 3.09 bits per heavy atom. The molecule has 0 bridgehead atoms. The maximum atomic E-state index is 11.0. The highest BCUT2D eigenvalue weighted by atomic mass is 16.3.